The van der Waals surface area contributed by atoms with E-state index < -0.39 is 15.8 Å². The molecule has 1 aromatic carbocycles. The van der Waals surface area contributed by atoms with Gasteiger partial charge in [0.25, 0.3) is 0 Å². The van der Waals surface area contributed by atoms with Crippen LogP contribution in [0.5, 0.6) is 0 Å². The summed E-state index contributed by atoms with van der Waals surface area (Å²) in [5.74, 6) is -0.0794. The third-order valence-electron chi connectivity index (χ3n) is 3.86. The number of rotatable bonds is 6. The molecular weight excluding hydrogens is 474 g/mol. The molecule has 1 atom stereocenters. The molecule has 0 amide bonds. The molecule has 1 saturated heterocycles. The zero-order chi connectivity index (χ0) is 18.4. The molecule has 0 unspecified atom stereocenters. The molecule has 1 aliphatic rings. The van der Waals surface area contributed by atoms with Crippen LogP contribution in [0.3, 0.4) is 0 Å². The minimum absolute atomic E-state index is 0. The van der Waals surface area contributed by atoms with E-state index >= 15 is 0 Å². The Balaban J connectivity index is 0.00000338. The van der Waals surface area contributed by atoms with Crippen LogP contribution in [0, 0.1) is 12.7 Å². The Kier molecular flexibility index (Phi) is 9.04. The minimum atomic E-state index is -3.63. The van der Waals surface area contributed by atoms with Gasteiger partial charge in [-0.1, -0.05) is 6.07 Å². The second kappa shape index (κ2) is 10.3. The van der Waals surface area contributed by atoms with E-state index in [1.807, 2.05) is 11.8 Å². The number of guanidine groups is 1. The van der Waals surface area contributed by atoms with Crippen LogP contribution in [-0.4, -0.2) is 62.4 Å². The van der Waals surface area contributed by atoms with E-state index in [-0.39, 0.29) is 48.1 Å². The molecule has 1 heterocycles. The zero-order valence-corrected chi connectivity index (χ0v) is 18.1. The summed E-state index contributed by atoms with van der Waals surface area (Å²) < 4.78 is 40.1. The van der Waals surface area contributed by atoms with Crippen molar-refractivity contribution in [2.45, 2.75) is 26.4 Å². The fraction of sp³-hybridized carbons (Fsp3) is 0.562. The molecule has 0 aromatic heterocycles. The van der Waals surface area contributed by atoms with Crippen molar-refractivity contribution in [1.29, 1.82) is 0 Å². The van der Waals surface area contributed by atoms with Crippen molar-refractivity contribution in [1.82, 2.24) is 10.2 Å². The van der Waals surface area contributed by atoms with E-state index in [2.05, 4.69) is 15.0 Å². The maximum Gasteiger partial charge on any atom is 0.234 e. The topological polar surface area (TPSA) is 94.0 Å². The number of β-amino-alcohol motifs (C(OH)–C–C–N with tert-alkyl or cyclic N) is 1. The van der Waals surface area contributed by atoms with E-state index in [0.717, 1.165) is 6.07 Å². The second-order valence-corrected chi connectivity index (χ2v) is 7.85. The number of benzene rings is 1. The minimum Gasteiger partial charge on any atom is -0.391 e. The fourth-order valence-corrected chi connectivity index (χ4v) is 3.44. The van der Waals surface area contributed by atoms with Crippen molar-refractivity contribution in [2.75, 3.05) is 36.7 Å². The monoisotopic (exact) mass is 500 g/mol. The van der Waals surface area contributed by atoms with Crippen molar-refractivity contribution in [2.24, 2.45) is 4.99 Å². The molecule has 1 aliphatic heterocycles. The van der Waals surface area contributed by atoms with Gasteiger partial charge in [-0.25, -0.2) is 12.8 Å². The van der Waals surface area contributed by atoms with Gasteiger partial charge in [-0.15, -0.1) is 24.0 Å². The molecule has 26 heavy (non-hydrogen) atoms. The zero-order valence-electron chi connectivity index (χ0n) is 14.9. The van der Waals surface area contributed by atoms with E-state index in [4.69, 9.17) is 0 Å². The average molecular weight is 500 g/mol. The first-order valence-corrected chi connectivity index (χ1v) is 9.94. The van der Waals surface area contributed by atoms with Crippen molar-refractivity contribution < 1.29 is 17.9 Å². The maximum absolute atomic E-state index is 13.5. The van der Waals surface area contributed by atoms with Gasteiger partial charge in [0, 0.05) is 19.6 Å². The number of anilines is 1. The molecule has 0 saturated carbocycles. The summed E-state index contributed by atoms with van der Waals surface area (Å²) >= 11 is 0. The lowest BCUT2D eigenvalue weighted by Crippen LogP contribution is -2.40. The number of halogens is 2. The van der Waals surface area contributed by atoms with Gasteiger partial charge in [0.05, 0.1) is 24.1 Å². The summed E-state index contributed by atoms with van der Waals surface area (Å²) in [5, 5.41) is 12.7. The summed E-state index contributed by atoms with van der Waals surface area (Å²) in [6.07, 6.45) is 0.286. The lowest BCUT2D eigenvalue weighted by Gasteiger charge is -2.20. The number of aliphatic hydroxyl groups is 1. The Morgan fingerprint density at radius 3 is 2.77 bits per heavy atom. The number of likely N-dealkylation sites (tertiary alicyclic amines) is 1. The highest BCUT2D eigenvalue weighted by atomic mass is 127. The highest BCUT2D eigenvalue weighted by molar-refractivity contribution is 14.0. The van der Waals surface area contributed by atoms with Crippen LogP contribution < -0.4 is 10.0 Å². The number of aryl methyl sites for hydroxylation is 1. The van der Waals surface area contributed by atoms with E-state index in [1.54, 1.807) is 6.92 Å². The molecule has 0 radical (unpaired) electrons. The first-order chi connectivity index (χ1) is 11.8. The molecule has 0 aliphatic carbocycles. The largest absolute Gasteiger partial charge is 0.391 e. The van der Waals surface area contributed by atoms with Crippen LogP contribution in [0.1, 0.15) is 18.9 Å². The standard InChI is InChI=1S/C16H25FN4O3S.HI/c1-3-18-16(21-8-6-14(22)11-21)19-7-9-25(23,24)20-13-5-4-12(2)15(17)10-13;/h4-5,10,14,20,22H,3,6-9,11H2,1-2H3,(H,18,19);1H/t14-;/m1./s1. The number of hydrogen-bond acceptors (Lipinski definition) is 4. The molecule has 2 rings (SSSR count). The van der Waals surface area contributed by atoms with Crippen LogP contribution in [0.25, 0.3) is 0 Å². The van der Waals surface area contributed by atoms with Crippen molar-refractivity contribution in [3.05, 3.63) is 29.6 Å². The molecule has 3 N–H and O–H groups in total. The molecule has 7 nitrogen and oxygen atoms in total. The highest BCUT2D eigenvalue weighted by Gasteiger charge is 2.23. The van der Waals surface area contributed by atoms with Gasteiger partial charge in [-0.2, -0.15) is 0 Å². The smallest absolute Gasteiger partial charge is 0.234 e. The highest BCUT2D eigenvalue weighted by Crippen LogP contribution is 2.15. The van der Waals surface area contributed by atoms with Gasteiger partial charge in [-0.3, -0.25) is 9.71 Å². The summed E-state index contributed by atoms with van der Waals surface area (Å²) in [7, 11) is -3.63. The van der Waals surface area contributed by atoms with Gasteiger partial charge in [0.2, 0.25) is 10.0 Å². The Morgan fingerprint density at radius 2 is 2.19 bits per heavy atom. The predicted octanol–water partition coefficient (Wildman–Crippen LogP) is 1.53. The summed E-state index contributed by atoms with van der Waals surface area (Å²) in [4.78, 5) is 6.22. The van der Waals surface area contributed by atoms with Crippen molar-refractivity contribution in [3.8, 4) is 0 Å². The molecule has 1 aromatic rings. The van der Waals surface area contributed by atoms with Crippen LogP contribution in [0.4, 0.5) is 10.1 Å². The number of hydrogen-bond donors (Lipinski definition) is 3. The van der Waals surface area contributed by atoms with Crippen LogP contribution in [0.2, 0.25) is 0 Å². The number of aliphatic imine (C=N–C) groups is 1. The quantitative estimate of drug-likeness (QED) is 0.313. The Labute approximate surface area is 171 Å². The van der Waals surface area contributed by atoms with E-state index in [9.17, 15) is 17.9 Å². The van der Waals surface area contributed by atoms with Gasteiger partial charge >= 0.3 is 0 Å². The molecule has 148 valence electrons. The van der Waals surface area contributed by atoms with Crippen LogP contribution >= 0.6 is 24.0 Å². The Bertz CT molecular complexity index is 730. The first kappa shape index (κ1) is 22.9. The number of sulfonamides is 1. The molecule has 1 fully saturated rings. The number of nitrogens with one attached hydrogen (secondary N) is 2. The number of aliphatic hydroxyl groups excluding tert-OH is 1. The predicted molar refractivity (Wildman–Crippen MR) is 112 cm³/mol. The van der Waals surface area contributed by atoms with Gasteiger partial charge in [0.15, 0.2) is 5.96 Å². The van der Waals surface area contributed by atoms with Gasteiger partial charge in [-0.05, 0) is 38.0 Å². The third-order valence-corrected chi connectivity index (χ3v) is 5.13. The summed E-state index contributed by atoms with van der Waals surface area (Å²) in [5.41, 5.74) is 0.650. The molecule has 0 bridgehead atoms. The average Bonchev–Trinajstić information content (AvgIpc) is 2.96. The third kappa shape index (κ3) is 6.88. The summed E-state index contributed by atoms with van der Waals surface area (Å²) in [6.45, 7) is 5.42. The lowest BCUT2D eigenvalue weighted by molar-refractivity contribution is 0.188. The van der Waals surface area contributed by atoms with Gasteiger partial charge in [0.1, 0.15) is 5.82 Å². The maximum atomic E-state index is 13.5. The molecular formula is C16H26FIN4O3S. The van der Waals surface area contributed by atoms with Crippen molar-refractivity contribution >= 4 is 45.6 Å². The number of nitrogens with zero attached hydrogens (tertiary/aromatic N) is 2. The fourth-order valence-electron chi connectivity index (χ4n) is 2.52. The Morgan fingerprint density at radius 1 is 1.46 bits per heavy atom. The van der Waals surface area contributed by atoms with Gasteiger partial charge < -0.3 is 15.3 Å². The normalized spacial score (nSPS) is 17.8. The van der Waals surface area contributed by atoms with E-state index in [0.29, 0.717) is 37.6 Å². The SMILES string of the molecule is CCNC(=NCCS(=O)(=O)Nc1ccc(C)c(F)c1)N1CC[C@@H](O)C1.I. The van der Waals surface area contributed by atoms with E-state index in [1.165, 1.54) is 12.1 Å². The lowest BCUT2D eigenvalue weighted by atomic mass is 10.2. The van der Waals surface area contributed by atoms with Crippen LogP contribution in [0.15, 0.2) is 23.2 Å². The molecule has 10 heteroatoms. The van der Waals surface area contributed by atoms with Crippen LogP contribution in [-0.2, 0) is 10.0 Å². The first-order valence-electron chi connectivity index (χ1n) is 8.28. The summed E-state index contributed by atoms with van der Waals surface area (Å²) in [6, 6.07) is 4.20. The molecule has 0 spiro atoms. The van der Waals surface area contributed by atoms with Crippen molar-refractivity contribution in [3.63, 3.8) is 0 Å². The Hall–Kier alpha value is -1.14. The second-order valence-electron chi connectivity index (χ2n) is 6.01.